The van der Waals surface area contributed by atoms with Crippen LogP contribution in [0.15, 0.2) is 53.2 Å². The summed E-state index contributed by atoms with van der Waals surface area (Å²) in [6.07, 6.45) is -3.32. The largest absolute Gasteiger partial charge is 0.433 e. The van der Waals surface area contributed by atoms with Gasteiger partial charge in [0.05, 0.1) is 11.1 Å². The Morgan fingerprint density at radius 1 is 1.00 bits per heavy atom. The number of aromatic nitrogens is 2. The number of hydrogen-bond acceptors (Lipinski definition) is 5. The van der Waals surface area contributed by atoms with Crippen molar-refractivity contribution >= 4 is 11.8 Å². The normalized spacial score (nSPS) is 13.9. The number of halogens is 3. The maximum Gasteiger partial charge on any atom is 0.433 e. The molecule has 6 nitrogen and oxygen atoms in total. The first-order chi connectivity index (χ1) is 13.3. The van der Waals surface area contributed by atoms with Crippen molar-refractivity contribution in [1.82, 2.24) is 15.0 Å². The van der Waals surface area contributed by atoms with Gasteiger partial charge in [-0.3, -0.25) is 19.5 Å². The van der Waals surface area contributed by atoms with E-state index in [1.54, 1.807) is 24.3 Å². The molecule has 2 aromatic heterocycles. The molecule has 3 heterocycles. The number of hydrogen-bond donors (Lipinski definition) is 0. The summed E-state index contributed by atoms with van der Waals surface area (Å²) >= 11 is 0. The molecule has 0 N–H and O–H groups in total. The number of carbonyl (C=O) groups is 2. The number of amides is 2. The lowest BCUT2D eigenvalue weighted by Crippen LogP contribution is -2.31. The second kappa shape index (κ2) is 6.59. The molecule has 0 fully saturated rings. The molecule has 3 aromatic rings. The highest BCUT2D eigenvalue weighted by Crippen LogP contribution is 2.30. The SMILES string of the molecule is O=C1c2ccccc2C(=O)N1CCc1cc(-c2ccnc(C(F)(F)F)c2)no1. The first kappa shape index (κ1) is 17.9. The van der Waals surface area contributed by atoms with Gasteiger partial charge in [0.25, 0.3) is 11.8 Å². The molecule has 2 amide bonds. The molecule has 0 saturated heterocycles. The van der Waals surface area contributed by atoms with Crippen LogP contribution in [-0.4, -0.2) is 33.4 Å². The minimum Gasteiger partial charge on any atom is -0.361 e. The predicted octanol–water partition coefficient (Wildman–Crippen LogP) is 3.59. The van der Waals surface area contributed by atoms with Gasteiger partial charge in [0, 0.05) is 30.8 Å². The number of nitrogens with zero attached hydrogens (tertiary/aromatic N) is 3. The number of imide groups is 1. The van der Waals surface area contributed by atoms with Crippen LogP contribution in [0.5, 0.6) is 0 Å². The van der Waals surface area contributed by atoms with E-state index in [-0.39, 0.29) is 36.0 Å². The summed E-state index contributed by atoms with van der Waals surface area (Å²) in [6.45, 7) is 0.0745. The Labute approximate surface area is 156 Å². The maximum atomic E-state index is 12.8. The minimum atomic E-state index is -4.56. The molecule has 0 aliphatic carbocycles. The molecule has 1 aliphatic rings. The maximum absolute atomic E-state index is 12.8. The van der Waals surface area contributed by atoms with Crippen molar-refractivity contribution in [3.8, 4) is 11.3 Å². The molecular weight excluding hydrogens is 375 g/mol. The zero-order chi connectivity index (χ0) is 19.9. The van der Waals surface area contributed by atoms with E-state index in [2.05, 4.69) is 10.1 Å². The van der Waals surface area contributed by atoms with Gasteiger partial charge < -0.3 is 4.52 Å². The van der Waals surface area contributed by atoms with Crippen molar-refractivity contribution in [2.24, 2.45) is 0 Å². The lowest BCUT2D eigenvalue weighted by molar-refractivity contribution is -0.141. The van der Waals surface area contributed by atoms with Crippen LogP contribution in [0.25, 0.3) is 11.3 Å². The molecule has 0 spiro atoms. The first-order valence-corrected chi connectivity index (χ1v) is 8.29. The monoisotopic (exact) mass is 387 g/mol. The summed E-state index contributed by atoms with van der Waals surface area (Å²) in [5.41, 5.74) is 0.0911. The van der Waals surface area contributed by atoms with E-state index in [1.165, 1.54) is 12.1 Å². The van der Waals surface area contributed by atoms with Crippen LogP contribution in [0.3, 0.4) is 0 Å². The van der Waals surface area contributed by atoms with Gasteiger partial charge in [-0.25, -0.2) is 0 Å². The van der Waals surface area contributed by atoms with Crippen molar-refractivity contribution < 1.29 is 27.3 Å². The summed E-state index contributed by atoms with van der Waals surface area (Å²) in [7, 11) is 0. The molecular formula is C19H12F3N3O3. The van der Waals surface area contributed by atoms with Crippen LogP contribution in [0.1, 0.15) is 32.2 Å². The Kier molecular flexibility index (Phi) is 4.21. The Bertz CT molecular complexity index is 1040. The van der Waals surface area contributed by atoms with Crippen LogP contribution < -0.4 is 0 Å². The van der Waals surface area contributed by atoms with Gasteiger partial charge >= 0.3 is 6.18 Å². The molecule has 1 aromatic carbocycles. The van der Waals surface area contributed by atoms with Crippen molar-refractivity contribution in [2.45, 2.75) is 12.6 Å². The average Bonchev–Trinajstić information content (AvgIpc) is 3.24. The fourth-order valence-electron chi connectivity index (χ4n) is 2.98. The van der Waals surface area contributed by atoms with E-state index in [4.69, 9.17) is 4.52 Å². The summed E-state index contributed by atoms with van der Waals surface area (Å²) in [6, 6.07) is 10.3. The number of rotatable bonds is 4. The third-order valence-electron chi connectivity index (χ3n) is 4.37. The Balaban J connectivity index is 1.48. The smallest absolute Gasteiger partial charge is 0.361 e. The van der Waals surface area contributed by atoms with E-state index >= 15 is 0 Å². The van der Waals surface area contributed by atoms with E-state index < -0.39 is 11.9 Å². The molecule has 9 heteroatoms. The van der Waals surface area contributed by atoms with Crippen molar-refractivity contribution in [3.63, 3.8) is 0 Å². The van der Waals surface area contributed by atoms with Crippen molar-refractivity contribution in [2.75, 3.05) is 6.54 Å². The van der Waals surface area contributed by atoms with E-state index in [0.717, 1.165) is 17.2 Å². The molecule has 4 rings (SSSR count). The summed E-state index contributed by atoms with van der Waals surface area (Å²) in [5.74, 6) is -0.425. The standard InChI is InChI=1S/C19H12F3N3O3/c20-19(21,22)16-9-11(5-7-23-16)15-10-12(28-24-15)6-8-25-17(26)13-3-1-2-4-14(13)18(25)27/h1-5,7,9-10H,6,8H2. The number of fused-ring (bicyclic) bond motifs is 1. The Morgan fingerprint density at radius 3 is 2.32 bits per heavy atom. The summed E-state index contributed by atoms with van der Waals surface area (Å²) in [4.78, 5) is 29.1. The summed E-state index contributed by atoms with van der Waals surface area (Å²) in [5, 5.41) is 3.77. The molecule has 0 saturated carbocycles. The van der Waals surface area contributed by atoms with Crippen molar-refractivity contribution in [1.29, 1.82) is 0 Å². The fraction of sp³-hybridized carbons (Fsp3) is 0.158. The molecule has 1 aliphatic heterocycles. The lowest BCUT2D eigenvalue weighted by atomic mass is 10.1. The number of pyridine rings is 1. The second-order valence-electron chi connectivity index (χ2n) is 6.16. The van der Waals surface area contributed by atoms with Crippen LogP contribution in [0, 0.1) is 0 Å². The first-order valence-electron chi connectivity index (χ1n) is 8.29. The van der Waals surface area contributed by atoms with Gasteiger partial charge in [0.2, 0.25) is 0 Å². The lowest BCUT2D eigenvalue weighted by Gasteiger charge is -2.11. The van der Waals surface area contributed by atoms with Gasteiger partial charge in [0.1, 0.15) is 17.1 Å². The number of alkyl halides is 3. The quantitative estimate of drug-likeness (QED) is 0.640. The predicted molar refractivity (Wildman–Crippen MR) is 90.2 cm³/mol. The third-order valence-corrected chi connectivity index (χ3v) is 4.37. The second-order valence-corrected chi connectivity index (χ2v) is 6.16. The van der Waals surface area contributed by atoms with Crippen molar-refractivity contribution in [3.05, 3.63) is 71.2 Å². The van der Waals surface area contributed by atoms with Gasteiger partial charge in [-0.1, -0.05) is 17.3 Å². The highest BCUT2D eigenvalue weighted by atomic mass is 19.4. The Hall–Kier alpha value is -3.49. The fourth-order valence-corrected chi connectivity index (χ4v) is 2.98. The molecule has 142 valence electrons. The van der Waals surface area contributed by atoms with E-state index in [1.807, 2.05) is 0 Å². The minimum absolute atomic E-state index is 0.0745. The number of benzene rings is 1. The van der Waals surface area contributed by atoms with Gasteiger partial charge in [0.15, 0.2) is 0 Å². The van der Waals surface area contributed by atoms with Gasteiger partial charge in [-0.2, -0.15) is 13.2 Å². The van der Waals surface area contributed by atoms with Crippen LogP contribution in [0.4, 0.5) is 13.2 Å². The summed E-state index contributed by atoms with van der Waals surface area (Å²) < 4.78 is 43.5. The van der Waals surface area contributed by atoms with E-state index in [9.17, 15) is 22.8 Å². The molecule has 0 unspecified atom stereocenters. The highest BCUT2D eigenvalue weighted by Gasteiger charge is 2.35. The zero-order valence-electron chi connectivity index (χ0n) is 14.2. The van der Waals surface area contributed by atoms with Gasteiger partial charge in [-0.05, 0) is 24.3 Å². The van der Waals surface area contributed by atoms with Crippen LogP contribution in [0.2, 0.25) is 0 Å². The zero-order valence-corrected chi connectivity index (χ0v) is 14.2. The Morgan fingerprint density at radius 2 is 1.68 bits per heavy atom. The molecule has 0 radical (unpaired) electrons. The van der Waals surface area contributed by atoms with E-state index in [0.29, 0.717) is 16.9 Å². The molecule has 0 bridgehead atoms. The third kappa shape index (κ3) is 3.15. The number of carbonyl (C=O) groups excluding carboxylic acids is 2. The molecule has 0 atom stereocenters. The highest BCUT2D eigenvalue weighted by molar-refractivity contribution is 6.21. The van der Waals surface area contributed by atoms with Gasteiger partial charge in [-0.15, -0.1) is 0 Å². The van der Waals surface area contributed by atoms with Crippen LogP contribution in [-0.2, 0) is 12.6 Å². The molecule has 28 heavy (non-hydrogen) atoms. The van der Waals surface area contributed by atoms with Crippen LogP contribution >= 0.6 is 0 Å². The topological polar surface area (TPSA) is 76.3 Å². The average molecular weight is 387 g/mol.